The molecule has 0 saturated heterocycles. The Bertz CT molecular complexity index is 859. The van der Waals surface area contributed by atoms with Crippen molar-refractivity contribution in [1.82, 2.24) is 10.1 Å². The molecule has 1 aromatic carbocycles. The van der Waals surface area contributed by atoms with E-state index in [0.29, 0.717) is 22.8 Å². The van der Waals surface area contributed by atoms with Gasteiger partial charge >= 0.3 is 0 Å². The lowest BCUT2D eigenvalue weighted by Crippen LogP contribution is -2.34. The number of amides is 1. The Morgan fingerprint density at radius 1 is 1.35 bits per heavy atom. The number of rotatable bonds is 4. The predicted octanol–water partition coefficient (Wildman–Crippen LogP) is 1.04. The fraction of sp³-hybridized carbons (Fsp3) is 0.357. The number of fused-ring (bicyclic) bond motifs is 1. The van der Waals surface area contributed by atoms with E-state index in [-0.39, 0.29) is 24.0 Å². The van der Waals surface area contributed by atoms with Crippen LogP contribution in [0.5, 0.6) is 5.75 Å². The number of carbonyl (C=O) groups excluding carboxylic acids is 1. The highest BCUT2D eigenvalue weighted by Crippen LogP contribution is 2.38. The summed E-state index contributed by atoms with van der Waals surface area (Å²) in [7, 11) is -3.10. The van der Waals surface area contributed by atoms with Gasteiger partial charge < -0.3 is 14.6 Å². The zero-order valence-corrected chi connectivity index (χ0v) is 13.4. The van der Waals surface area contributed by atoms with Crippen molar-refractivity contribution in [2.24, 2.45) is 0 Å². The topological polar surface area (TPSA) is 111 Å². The summed E-state index contributed by atoms with van der Waals surface area (Å²) in [5.74, 6) is 0.694. The van der Waals surface area contributed by atoms with Gasteiger partial charge in [0, 0.05) is 12.7 Å². The Morgan fingerprint density at radius 3 is 2.87 bits per heavy atom. The maximum atomic E-state index is 11.6. The predicted molar refractivity (Wildman–Crippen MR) is 81.9 cm³/mol. The van der Waals surface area contributed by atoms with Gasteiger partial charge in [-0.2, -0.15) is 4.98 Å². The van der Waals surface area contributed by atoms with Crippen LogP contribution in [0.4, 0.5) is 5.69 Å². The van der Waals surface area contributed by atoms with E-state index < -0.39 is 15.9 Å². The smallest absolute Gasteiger partial charge is 0.265 e. The third kappa shape index (κ3) is 3.34. The minimum atomic E-state index is -3.10. The molecule has 0 radical (unpaired) electrons. The third-order valence-corrected chi connectivity index (χ3v) is 4.28. The fourth-order valence-corrected chi connectivity index (χ4v) is 2.69. The molecule has 0 bridgehead atoms. The number of hydrogen-bond acceptors (Lipinski definition) is 7. The number of ether oxygens (including phenoxy) is 1. The normalized spacial score (nSPS) is 17.3. The number of aryl methyl sites for hydroxylation is 1. The lowest BCUT2D eigenvalue weighted by atomic mass is 10.1. The Kier molecular flexibility index (Phi) is 3.80. The van der Waals surface area contributed by atoms with Crippen LogP contribution >= 0.6 is 0 Å². The highest BCUT2D eigenvalue weighted by molar-refractivity contribution is 7.90. The molecule has 8 nitrogen and oxygen atoms in total. The molecular weight excluding hydrogens is 322 g/mol. The number of anilines is 1. The van der Waals surface area contributed by atoms with Crippen molar-refractivity contribution in [1.29, 1.82) is 0 Å². The van der Waals surface area contributed by atoms with E-state index in [1.165, 1.54) is 0 Å². The molecule has 0 aliphatic carbocycles. The summed E-state index contributed by atoms with van der Waals surface area (Å²) < 4.78 is 33.2. The summed E-state index contributed by atoms with van der Waals surface area (Å²) in [4.78, 5) is 15.8. The highest BCUT2D eigenvalue weighted by Gasteiger charge is 2.27. The highest BCUT2D eigenvalue weighted by atomic mass is 32.2. The molecule has 0 fully saturated rings. The second kappa shape index (κ2) is 5.65. The van der Waals surface area contributed by atoms with Crippen molar-refractivity contribution < 1.29 is 22.5 Å². The zero-order valence-electron chi connectivity index (χ0n) is 12.6. The first-order valence-electron chi connectivity index (χ1n) is 6.95. The molecule has 1 aromatic heterocycles. The SMILES string of the molecule is CC1Oc2c(cccc2-c2nc(CCS(C)(=O)=O)no2)NC1=O. The fourth-order valence-electron chi connectivity index (χ4n) is 2.14. The molecule has 1 amide bonds. The monoisotopic (exact) mass is 337 g/mol. The van der Waals surface area contributed by atoms with Crippen molar-refractivity contribution in [3.05, 3.63) is 24.0 Å². The van der Waals surface area contributed by atoms with Gasteiger partial charge in [-0.1, -0.05) is 11.2 Å². The molecule has 3 rings (SSSR count). The van der Waals surface area contributed by atoms with Gasteiger partial charge in [-0.25, -0.2) is 8.42 Å². The molecule has 1 N–H and O–H groups in total. The lowest BCUT2D eigenvalue weighted by molar-refractivity contribution is -0.122. The zero-order chi connectivity index (χ0) is 16.6. The molecule has 1 aliphatic rings. The van der Waals surface area contributed by atoms with Crippen LogP contribution < -0.4 is 10.1 Å². The van der Waals surface area contributed by atoms with Crippen molar-refractivity contribution in [3.8, 4) is 17.2 Å². The number of aromatic nitrogens is 2. The van der Waals surface area contributed by atoms with Gasteiger partial charge in [-0.15, -0.1) is 0 Å². The minimum absolute atomic E-state index is 0.0531. The van der Waals surface area contributed by atoms with Crippen molar-refractivity contribution >= 4 is 21.4 Å². The van der Waals surface area contributed by atoms with Crippen LogP contribution in [0, 0.1) is 0 Å². The van der Waals surface area contributed by atoms with Gasteiger partial charge in [0.15, 0.2) is 17.7 Å². The van der Waals surface area contributed by atoms with Crippen LogP contribution in [-0.4, -0.2) is 42.6 Å². The first kappa shape index (κ1) is 15.5. The average molecular weight is 337 g/mol. The molecule has 122 valence electrons. The molecular formula is C14H15N3O5S. The van der Waals surface area contributed by atoms with E-state index in [1.54, 1.807) is 25.1 Å². The second-order valence-electron chi connectivity index (χ2n) is 5.33. The van der Waals surface area contributed by atoms with Gasteiger partial charge in [-0.3, -0.25) is 4.79 Å². The minimum Gasteiger partial charge on any atom is -0.478 e. The Balaban J connectivity index is 1.90. The van der Waals surface area contributed by atoms with Crippen molar-refractivity contribution in [3.63, 3.8) is 0 Å². The molecule has 9 heteroatoms. The molecule has 0 saturated carbocycles. The van der Waals surface area contributed by atoms with E-state index in [1.807, 2.05) is 0 Å². The number of para-hydroxylation sites is 1. The first-order valence-corrected chi connectivity index (χ1v) is 9.01. The van der Waals surface area contributed by atoms with Crippen LogP contribution in [0.3, 0.4) is 0 Å². The van der Waals surface area contributed by atoms with Crippen LogP contribution in [-0.2, 0) is 21.1 Å². The van der Waals surface area contributed by atoms with Gasteiger partial charge in [0.2, 0.25) is 0 Å². The molecule has 1 aliphatic heterocycles. The van der Waals surface area contributed by atoms with Gasteiger partial charge in [0.1, 0.15) is 9.84 Å². The van der Waals surface area contributed by atoms with Crippen LogP contribution in [0.2, 0.25) is 0 Å². The Hall–Kier alpha value is -2.42. The standard InChI is InChI=1S/C14H15N3O5S/c1-8-13(18)15-10-5-3-4-9(12(10)21-8)14-16-11(17-22-14)6-7-23(2,19)20/h3-5,8H,6-7H2,1-2H3,(H,15,18). The summed E-state index contributed by atoms with van der Waals surface area (Å²) in [6.07, 6.45) is 0.696. The molecule has 1 unspecified atom stereocenters. The van der Waals surface area contributed by atoms with E-state index in [0.717, 1.165) is 6.26 Å². The van der Waals surface area contributed by atoms with E-state index in [9.17, 15) is 13.2 Å². The maximum Gasteiger partial charge on any atom is 0.265 e. The van der Waals surface area contributed by atoms with Crippen LogP contribution in [0.25, 0.3) is 11.5 Å². The molecule has 2 aromatic rings. The Labute approximate surface area is 132 Å². The second-order valence-corrected chi connectivity index (χ2v) is 7.59. The lowest BCUT2D eigenvalue weighted by Gasteiger charge is -2.24. The number of carbonyl (C=O) groups is 1. The molecule has 23 heavy (non-hydrogen) atoms. The summed E-state index contributed by atoms with van der Waals surface area (Å²) in [6, 6.07) is 5.18. The number of sulfone groups is 1. The number of nitrogens with one attached hydrogen (secondary N) is 1. The molecule has 1 atom stereocenters. The van der Waals surface area contributed by atoms with E-state index in [2.05, 4.69) is 15.5 Å². The van der Waals surface area contributed by atoms with Gasteiger partial charge in [0.25, 0.3) is 11.8 Å². The van der Waals surface area contributed by atoms with E-state index in [4.69, 9.17) is 9.26 Å². The average Bonchev–Trinajstić information content (AvgIpc) is 2.94. The third-order valence-electron chi connectivity index (χ3n) is 3.33. The van der Waals surface area contributed by atoms with Crippen molar-refractivity contribution in [2.75, 3.05) is 17.3 Å². The summed E-state index contributed by atoms with van der Waals surface area (Å²) in [5, 5.41) is 6.52. The quantitative estimate of drug-likeness (QED) is 0.887. The maximum absolute atomic E-state index is 11.6. The van der Waals surface area contributed by atoms with Crippen molar-refractivity contribution in [2.45, 2.75) is 19.4 Å². The largest absolute Gasteiger partial charge is 0.478 e. The number of benzene rings is 1. The van der Waals surface area contributed by atoms with Gasteiger partial charge in [0.05, 0.1) is 17.0 Å². The summed E-state index contributed by atoms with van der Waals surface area (Å²) >= 11 is 0. The first-order chi connectivity index (χ1) is 10.8. The molecule has 2 heterocycles. The summed E-state index contributed by atoms with van der Waals surface area (Å²) in [6.45, 7) is 1.64. The molecule has 0 spiro atoms. The summed E-state index contributed by atoms with van der Waals surface area (Å²) in [5.41, 5.74) is 1.08. The van der Waals surface area contributed by atoms with E-state index >= 15 is 0 Å². The number of hydrogen-bond donors (Lipinski definition) is 1. The van der Waals surface area contributed by atoms with Gasteiger partial charge in [-0.05, 0) is 19.1 Å². The number of nitrogens with zero attached hydrogens (tertiary/aromatic N) is 2. The van der Waals surface area contributed by atoms with Crippen LogP contribution in [0.15, 0.2) is 22.7 Å². The van der Waals surface area contributed by atoms with Crippen LogP contribution in [0.1, 0.15) is 12.7 Å². The Morgan fingerprint density at radius 2 is 2.13 bits per heavy atom.